The van der Waals surface area contributed by atoms with Gasteiger partial charge < -0.3 is 15.2 Å². The van der Waals surface area contributed by atoms with Gasteiger partial charge in [0.25, 0.3) is 11.8 Å². The highest BCUT2D eigenvalue weighted by atomic mass is 35.5. The van der Waals surface area contributed by atoms with Crippen LogP contribution in [0.1, 0.15) is 16.8 Å². The summed E-state index contributed by atoms with van der Waals surface area (Å²) in [6.07, 6.45) is 0.789. The van der Waals surface area contributed by atoms with Crippen molar-refractivity contribution >= 4 is 23.4 Å². The highest BCUT2D eigenvalue weighted by molar-refractivity contribution is 6.30. The number of likely N-dealkylation sites (tertiary alicyclic amines) is 1. The molecule has 0 aliphatic carbocycles. The lowest BCUT2D eigenvalue weighted by Crippen LogP contribution is -2.42. The Morgan fingerprint density at radius 3 is 2.74 bits per heavy atom. The maximum Gasteiger partial charge on any atom is 0.268 e. The van der Waals surface area contributed by atoms with Gasteiger partial charge >= 0.3 is 0 Å². The average molecular weight is 393 g/mol. The number of halogens is 3. The molecule has 0 bridgehead atoms. The lowest BCUT2D eigenvalue weighted by Gasteiger charge is -2.19. The molecule has 0 spiro atoms. The van der Waals surface area contributed by atoms with Crippen molar-refractivity contribution in [1.29, 1.82) is 5.26 Å². The minimum absolute atomic E-state index is 0.288. The lowest BCUT2D eigenvalue weighted by atomic mass is 10.1. The number of hydrogen-bond donors (Lipinski definition) is 2. The van der Waals surface area contributed by atoms with Crippen molar-refractivity contribution in [3.05, 3.63) is 47.1 Å². The van der Waals surface area contributed by atoms with E-state index in [9.17, 15) is 18.4 Å². The minimum Gasteiger partial charge on any atom is -0.360 e. The zero-order valence-corrected chi connectivity index (χ0v) is 14.8. The maximum atomic E-state index is 13.4. The van der Waals surface area contributed by atoms with E-state index in [0.717, 1.165) is 10.5 Å². The molecule has 1 atom stereocenters. The summed E-state index contributed by atoms with van der Waals surface area (Å²) in [6, 6.07) is 9.11. The summed E-state index contributed by atoms with van der Waals surface area (Å²) in [6.45, 7) is -1.28. The molecule has 1 saturated heterocycles. The molecule has 1 aromatic heterocycles. The van der Waals surface area contributed by atoms with Crippen LogP contribution >= 0.6 is 11.6 Å². The van der Waals surface area contributed by atoms with Gasteiger partial charge in [-0.05, 0) is 23.8 Å². The molecule has 6 nitrogen and oxygen atoms in total. The van der Waals surface area contributed by atoms with Crippen molar-refractivity contribution in [1.82, 2.24) is 15.2 Å². The summed E-state index contributed by atoms with van der Waals surface area (Å²) in [5, 5.41) is 11.9. The molecular formula is C18H15ClF2N4O2. The molecule has 3 rings (SSSR count). The molecule has 2 amide bonds. The van der Waals surface area contributed by atoms with E-state index in [1.165, 1.54) is 6.20 Å². The summed E-state index contributed by atoms with van der Waals surface area (Å²) in [5.74, 6) is -4.34. The number of carbonyl (C=O) groups is 2. The highest BCUT2D eigenvalue weighted by Gasteiger charge is 2.47. The molecule has 1 aliphatic rings. The van der Waals surface area contributed by atoms with Gasteiger partial charge in [-0.3, -0.25) is 9.59 Å². The normalized spacial score (nSPS) is 18.1. The number of carbonyl (C=O) groups excluding carboxylic acids is 2. The Morgan fingerprint density at radius 1 is 1.37 bits per heavy atom. The summed E-state index contributed by atoms with van der Waals surface area (Å²) >= 11 is 5.84. The van der Waals surface area contributed by atoms with E-state index >= 15 is 0 Å². The molecule has 2 N–H and O–H groups in total. The number of nitriles is 1. The van der Waals surface area contributed by atoms with Gasteiger partial charge in [0, 0.05) is 23.3 Å². The van der Waals surface area contributed by atoms with Crippen LogP contribution in [-0.4, -0.2) is 46.8 Å². The first-order valence-corrected chi connectivity index (χ1v) is 8.46. The lowest BCUT2D eigenvalue weighted by molar-refractivity contribution is -0.131. The Kier molecular flexibility index (Phi) is 5.15. The topological polar surface area (TPSA) is 89.0 Å². The van der Waals surface area contributed by atoms with Crippen LogP contribution in [0.15, 0.2) is 36.5 Å². The number of aromatic nitrogens is 1. The van der Waals surface area contributed by atoms with Gasteiger partial charge in [0.1, 0.15) is 6.04 Å². The van der Waals surface area contributed by atoms with Crippen LogP contribution in [0.5, 0.6) is 0 Å². The van der Waals surface area contributed by atoms with Gasteiger partial charge in [-0.25, -0.2) is 8.78 Å². The van der Waals surface area contributed by atoms with E-state index in [1.54, 1.807) is 36.4 Å². The Balaban J connectivity index is 1.61. The number of rotatable bonds is 4. The summed E-state index contributed by atoms with van der Waals surface area (Å²) in [5.41, 5.74) is 1.80. The highest BCUT2D eigenvalue weighted by Crippen LogP contribution is 2.31. The van der Waals surface area contributed by atoms with Crippen LogP contribution in [0, 0.1) is 11.3 Å². The van der Waals surface area contributed by atoms with Gasteiger partial charge in [-0.1, -0.05) is 23.7 Å². The summed E-state index contributed by atoms with van der Waals surface area (Å²) < 4.78 is 26.8. The van der Waals surface area contributed by atoms with Crippen molar-refractivity contribution in [3.8, 4) is 17.3 Å². The van der Waals surface area contributed by atoms with E-state index in [2.05, 4.69) is 10.3 Å². The standard InChI is InChI=1S/C18H15ClF2N4O2/c19-13-3-1-11(2-4-13)15-5-12(8-23-15)17(27)24-9-16(26)25-10-18(20,21)6-14(25)7-22/h1-5,8,14,23H,6,9-10H2,(H,24,27)/t14-/m0/s1. The predicted octanol–water partition coefficient (Wildman–Crippen LogP) is 2.82. The first-order chi connectivity index (χ1) is 12.8. The zero-order valence-electron chi connectivity index (χ0n) is 14.0. The van der Waals surface area contributed by atoms with E-state index in [-0.39, 0.29) is 5.56 Å². The fraction of sp³-hybridized carbons (Fsp3) is 0.278. The molecule has 1 aliphatic heterocycles. The number of H-pyrrole nitrogens is 1. The predicted molar refractivity (Wildman–Crippen MR) is 94.2 cm³/mol. The second kappa shape index (κ2) is 7.37. The van der Waals surface area contributed by atoms with Crippen molar-refractivity contribution in [3.63, 3.8) is 0 Å². The number of nitrogens with zero attached hydrogens (tertiary/aromatic N) is 2. The average Bonchev–Trinajstić information content (AvgIpc) is 3.24. The third-order valence-corrected chi connectivity index (χ3v) is 4.49. The minimum atomic E-state index is -3.09. The summed E-state index contributed by atoms with van der Waals surface area (Å²) in [4.78, 5) is 28.1. The third kappa shape index (κ3) is 4.26. The molecule has 140 valence electrons. The quantitative estimate of drug-likeness (QED) is 0.838. The van der Waals surface area contributed by atoms with Gasteiger partial charge in [0.05, 0.1) is 24.7 Å². The van der Waals surface area contributed by atoms with Gasteiger partial charge in [0.2, 0.25) is 5.91 Å². The number of alkyl halides is 2. The van der Waals surface area contributed by atoms with Crippen molar-refractivity contribution in [2.75, 3.05) is 13.1 Å². The smallest absolute Gasteiger partial charge is 0.268 e. The number of nitrogens with one attached hydrogen (secondary N) is 2. The molecular weight excluding hydrogens is 378 g/mol. The van der Waals surface area contributed by atoms with Gasteiger partial charge in [0.15, 0.2) is 0 Å². The van der Waals surface area contributed by atoms with E-state index < -0.39 is 43.3 Å². The summed E-state index contributed by atoms with van der Waals surface area (Å²) in [7, 11) is 0. The molecule has 27 heavy (non-hydrogen) atoms. The first kappa shape index (κ1) is 18.9. The van der Waals surface area contributed by atoms with Crippen molar-refractivity contribution in [2.24, 2.45) is 0 Å². The Labute approximate surface area is 158 Å². The van der Waals surface area contributed by atoms with Crippen LogP contribution in [0.4, 0.5) is 8.78 Å². The second-order valence-corrected chi connectivity index (χ2v) is 6.65. The first-order valence-electron chi connectivity index (χ1n) is 8.08. The molecule has 1 aromatic carbocycles. The largest absolute Gasteiger partial charge is 0.360 e. The Morgan fingerprint density at radius 2 is 2.07 bits per heavy atom. The molecule has 2 heterocycles. The van der Waals surface area contributed by atoms with Crippen LogP contribution < -0.4 is 5.32 Å². The Hall–Kier alpha value is -2.92. The Bertz CT molecular complexity index is 905. The maximum absolute atomic E-state index is 13.4. The van der Waals surface area contributed by atoms with Crippen LogP contribution in [0.2, 0.25) is 5.02 Å². The van der Waals surface area contributed by atoms with Gasteiger partial charge in [-0.2, -0.15) is 5.26 Å². The zero-order chi connectivity index (χ0) is 19.6. The number of amides is 2. The van der Waals surface area contributed by atoms with Crippen molar-refractivity contribution in [2.45, 2.75) is 18.4 Å². The SMILES string of the molecule is N#C[C@@H]1CC(F)(F)CN1C(=O)CNC(=O)c1c[nH]c(-c2ccc(Cl)cc2)c1. The number of benzene rings is 1. The van der Waals surface area contributed by atoms with Crippen LogP contribution in [0.3, 0.4) is 0 Å². The number of hydrogen-bond acceptors (Lipinski definition) is 3. The van der Waals surface area contributed by atoms with E-state index in [4.69, 9.17) is 16.9 Å². The van der Waals surface area contributed by atoms with Gasteiger partial charge in [-0.15, -0.1) is 0 Å². The van der Waals surface area contributed by atoms with E-state index in [0.29, 0.717) is 10.7 Å². The molecule has 2 aromatic rings. The number of aromatic amines is 1. The molecule has 0 saturated carbocycles. The van der Waals surface area contributed by atoms with E-state index in [1.807, 2.05) is 0 Å². The van der Waals surface area contributed by atoms with Crippen molar-refractivity contribution < 1.29 is 18.4 Å². The van der Waals surface area contributed by atoms with Crippen LogP contribution in [-0.2, 0) is 4.79 Å². The molecule has 1 fully saturated rings. The second-order valence-electron chi connectivity index (χ2n) is 6.22. The fourth-order valence-corrected chi connectivity index (χ4v) is 3.00. The van der Waals surface area contributed by atoms with Crippen LogP contribution in [0.25, 0.3) is 11.3 Å². The fourth-order valence-electron chi connectivity index (χ4n) is 2.88. The molecule has 0 radical (unpaired) electrons. The molecule has 0 unspecified atom stereocenters. The third-order valence-electron chi connectivity index (χ3n) is 4.24. The molecule has 9 heteroatoms. The monoisotopic (exact) mass is 392 g/mol.